The summed E-state index contributed by atoms with van der Waals surface area (Å²) in [5, 5.41) is 5.99. The lowest BCUT2D eigenvalue weighted by Gasteiger charge is -2.39. The Hall–Kier alpha value is -1.10. The molecule has 5 nitrogen and oxygen atoms in total. The summed E-state index contributed by atoms with van der Waals surface area (Å²) in [5.74, 6) is 0.268. The molecule has 2 atom stereocenters. The summed E-state index contributed by atoms with van der Waals surface area (Å²) in [6.07, 6.45) is 3.87. The van der Waals surface area contributed by atoms with Gasteiger partial charge in [-0.2, -0.15) is 0 Å². The maximum atomic E-state index is 12.3. The zero-order valence-electron chi connectivity index (χ0n) is 12.9. The normalized spacial score (nSPS) is 28.9. The molecule has 0 bridgehead atoms. The first-order chi connectivity index (χ1) is 9.37. The van der Waals surface area contributed by atoms with Crippen molar-refractivity contribution in [2.75, 3.05) is 19.6 Å². The van der Waals surface area contributed by atoms with Crippen molar-refractivity contribution in [1.29, 1.82) is 0 Å². The molecule has 2 rings (SSSR count). The molecule has 0 radical (unpaired) electrons. The Morgan fingerprint density at radius 1 is 1.30 bits per heavy atom. The molecule has 5 heteroatoms. The molecule has 0 spiro atoms. The minimum Gasteiger partial charge on any atom is -0.355 e. The lowest BCUT2D eigenvalue weighted by molar-refractivity contribution is -0.133. The zero-order chi connectivity index (χ0) is 14.8. The summed E-state index contributed by atoms with van der Waals surface area (Å²) in [7, 11) is 0. The van der Waals surface area contributed by atoms with Crippen LogP contribution in [0, 0.1) is 5.92 Å². The second-order valence-corrected chi connectivity index (χ2v) is 7.02. The van der Waals surface area contributed by atoms with E-state index < -0.39 is 0 Å². The Labute approximate surface area is 121 Å². The molecular weight excluding hydrogens is 254 g/mol. The van der Waals surface area contributed by atoms with Crippen molar-refractivity contribution in [1.82, 2.24) is 15.5 Å². The highest BCUT2D eigenvalue weighted by Gasteiger charge is 2.34. The van der Waals surface area contributed by atoms with Crippen LogP contribution in [0.2, 0.25) is 0 Å². The Morgan fingerprint density at radius 2 is 2.05 bits per heavy atom. The molecule has 0 saturated carbocycles. The Bertz CT molecular complexity index is 376. The summed E-state index contributed by atoms with van der Waals surface area (Å²) in [5.41, 5.74) is -0.193. The molecule has 2 N–H and O–H groups in total. The van der Waals surface area contributed by atoms with Gasteiger partial charge in [0.2, 0.25) is 11.8 Å². The predicted molar refractivity (Wildman–Crippen MR) is 78.2 cm³/mol. The van der Waals surface area contributed by atoms with Gasteiger partial charge in [0.1, 0.15) is 0 Å². The molecule has 2 saturated heterocycles. The van der Waals surface area contributed by atoms with Crippen molar-refractivity contribution < 1.29 is 9.59 Å². The summed E-state index contributed by atoms with van der Waals surface area (Å²) in [4.78, 5) is 26.4. The van der Waals surface area contributed by atoms with E-state index in [0.29, 0.717) is 6.54 Å². The van der Waals surface area contributed by atoms with Crippen LogP contribution in [0.25, 0.3) is 0 Å². The topological polar surface area (TPSA) is 61.4 Å². The van der Waals surface area contributed by atoms with E-state index in [2.05, 4.69) is 15.5 Å². The molecule has 2 fully saturated rings. The smallest absolute Gasteiger partial charge is 0.237 e. The van der Waals surface area contributed by atoms with Gasteiger partial charge in [-0.1, -0.05) is 0 Å². The van der Waals surface area contributed by atoms with Crippen LogP contribution in [0.4, 0.5) is 0 Å². The van der Waals surface area contributed by atoms with Gasteiger partial charge in [-0.05, 0) is 53.0 Å². The van der Waals surface area contributed by atoms with Gasteiger partial charge in [-0.25, -0.2) is 0 Å². The van der Waals surface area contributed by atoms with Crippen LogP contribution in [0.5, 0.6) is 0 Å². The average Bonchev–Trinajstić information content (AvgIpc) is 2.37. The van der Waals surface area contributed by atoms with Gasteiger partial charge in [0.05, 0.1) is 12.0 Å². The van der Waals surface area contributed by atoms with Gasteiger partial charge < -0.3 is 10.6 Å². The van der Waals surface area contributed by atoms with Crippen LogP contribution < -0.4 is 10.6 Å². The number of rotatable bonds is 2. The molecule has 0 aromatic rings. The largest absolute Gasteiger partial charge is 0.355 e. The maximum absolute atomic E-state index is 12.3. The first-order valence-electron chi connectivity index (χ1n) is 7.70. The standard InChI is InChI=1S/C15H27N3O2/c1-15(2,3)17-13(19)11-6-5-9-18(10-11)12-7-4-8-16-14(12)20/h11-12H,4-10H2,1-3H3,(H,16,20)(H,17,19). The number of carbonyl (C=O) groups is 2. The SMILES string of the molecule is CC(C)(C)NC(=O)C1CCCN(C2CCCNC2=O)C1. The molecule has 2 aliphatic heterocycles. The van der Waals surface area contributed by atoms with Crippen LogP contribution in [0.15, 0.2) is 0 Å². The monoisotopic (exact) mass is 281 g/mol. The third-order valence-corrected chi connectivity index (χ3v) is 4.02. The van der Waals surface area contributed by atoms with Crippen molar-refractivity contribution in [3.05, 3.63) is 0 Å². The van der Waals surface area contributed by atoms with Crippen LogP contribution >= 0.6 is 0 Å². The second kappa shape index (κ2) is 6.12. The van der Waals surface area contributed by atoms with Crippen molar-refractivity contribution in [3.8, 4) is 0 Å². The Kier molecular flexibility index (Phi) is 4.68. The Balaban J connectivity index is 1.94. The average molecular weight is 281 g/mol. The van der Waals surface area contributed by atoms with Gasteiger partial charge in [0.15, 0.2) is 0 Å². The first-order valence-corrected chi connectivity index (χ1v) is 7.70. The van der Waals surface area contributed by atoms with Crippen LogP contribution in [-0.4, -0.2) is 47.9 Å². The van der Waals surface area contributed by atoms with Crippen LogP contribution in [0.3, 0.4) is 0 Å². The van der Waals surface area contributed by atoms with Gasteiger partial charge in [0.25, 0.3) is 0 Å². The first kappa shape index (κ1) is 15.3. The van der Waals surface area contributed by atoms with E-state index in [9.17, 15) is 9.59 Å². The van der Waals surface area contributed by atoms with E-state index in [1.54, 1.807) is 0 Å². The minimum absolute atomic E-state index is 0.0118. The van der Waals surface area contributed by atoms with E-state index >= 15 is 0 Å². The number of hydrogen-bond donors (Lipinski definition) is 2. The third kappa shape index (κ3) is 3.95. The third-order valence-electron chi connectivity index (χ3n) is 4.02. The van der Waals surface area contributed by atoms with E-state index in [0.717, 1.165) is 38.8 Å². The number of hydrogen-bond acceptors (Lipinski definition) is 3. The van der Waals surface area contributed by atoms with Gasteiger partial charge >= 0.3 is 0 Å². The maximum Gasteiger partial charge on any atom is 0.237 e. The quantitative estimate of drug-likeness (QED) is 0.790. The lowest BCUT2D eigenvalue weighted by Crippen LogP contribution is -2.55. The van der Waals surface area contributed by atoms with Gasteiger partial charge in [-0.15, -0.1) is 0 Å². The number of carbonyl (C=O) groups excluding carboxylic acids is 2. The highest BCUT2D eigenvalue weighted by Crippen LogP contribution is 2.22. The summed E-state index contributed by atoms with van der Waals surface area (Å²) >= 11 is 0. The summed E-state index contributed by atoms with van der Waals surface area (Å²) < 4.78 is 0. The number of amides is 2. The number of likely N-dealkylation sites (tertiary alicyclic amines) is 1. The molecule has 2 amide bonds. The molecule has 2 aliphatic rings. The number of piperidine rings is 2. The highest BCUT2D eigenvalue weighted by molar-refractivity contribution is 5.83. The van der Waals surface area contributed by atoms with E-state index in [1.807, 2.05) is 20.8 Å². The molecule has 20 heavy (non-hydrogen) atoms. The predicted octanol–water partition coefficient (Wildman–Crippen LogP) is 0.892. The fraction of sp³-hybridized carbons (Fsp3) is 0.867. The van der Waals surface area contributed by atoms with Gasteiger partial charge in [0, 0.05) is 18.6 Å². The highest BCUT2D eigenvalue weighted by atomic mass is 16.2. The molecule has 114 valence electrons. The Morgan fingerprint density at radius 3 is 2.70 bits per heavy atom. The molecule has 0 aromatic carbocycles. The van der Waals surface area contributed by atoms with Crippen molar-refractivity contribution >= 4 is 11.8 Å². The lowest BCUT2D eigenvalue weighted by atomic mass is 9.93. The minimum atomic E-state index is -0.193. The van der Waals surface area contributed by atoms with Crippen molar-refractivity contribution in [2.45, 2.75) is 58.0 Å². The zero-order valence-corrected chi connectivity index (χ0v) is 12.9. The summed E-state index contributed by atoms with van der Waals surface area (Å²) in [6.45, 7) is 8.43. The second-order valence-electron chi connectivity index (χ2n) is 7.02. The van der Waals surface area contributed by atoms with E-state index in [4.69, 9.17) is 0 Å². The van der Waals surface area contributed by atoms with Gasteiger partial charge in [-0.3, -0.25) is 14.5 Å². The number of nitrogens with zero attached hydrogens (tertiary/aromatic N) is 1. The van der Waals surface area contributed by atoms with E-state index in [1.165, 1.54) is 0 Å². The molecular formula is C15H27N3O2. The molecule has 2 heterocycles. The molecule has 2 unspecified atom stereocenters. The van der Waals surface area contributed by atoms with Crippen LogP contribution in [0.1, 0.15) is 46.5 Å². The fourth-order valence-electron chi connectivity index (χ4n) is 3.08. The molecule has 0 aromatic heterocycles. The van der Waals surface area contributed by atoms with E-state index in [-0.39, 0.29) is 29.3 Å². The summed E-state index contributed by atoms with van der Waals surface area (Å²) in [6, 6.07) is -0.0333. The van der Waals surface area contributed by atoms with Crippen LogP contribution in [-0.2, 0) is 9.59 Å². The number of nitrogens with one attached hydrogen (secondary N) is 2. The van der Waals surface area contributed by atoms with Crippen molar-refractivity contribution in [3.63, 3.8) is 0 Å². The van der Waals surface area contributed by atoms with Crippen molar-refractivity contribution in [2.24, 2.45) is 5.92 Å². The fourth-order valence-corrected chi connectivity index (χ4v) is 3.08. The molecule has 0 aliphatic carbocycles.